The van der Waals surface area contributed by atoms with E-state index >= 15 is 0 Å². The smallest absolute Gasteiger partial charge is 0.387 e. The van der Waals surface area contributed by atoms with Crippen molar-refractivity contribution >= 4 is 21.6 Å². The number of aromatic nitrogens is 2. The van der Waals surface area contributed by atoms with Crippen LogP contribution in [-0.4, -0.2) is 16.0 Å². The minimum atomic E-state index is -3.04. The Morgan fingerprint density at radius 1 is 1.24 bits per heavy atom. The summed E-state index contributed by atoms with van der Waals surface area (Å²) in [6.45, 7) is -3.04. The normalized spacial score (nSPS) is 11.7. The molecule has 2 rings (SSSR count). The number of pyridine rings is 1. The van der Waals surface area contributed by atoms with Crippen molar-refractivity contribution in [2.45, 2.75) is 13.0 Å². The molecule has 0 saturated carbocycles. The van der Waals surface area contributed by atoms with Gasteiger partial charge in [0.2, 0.25) is 0 Å². The molecule has 0 fully saturated rings. The topological polar surface area (TPSA) is 26.5 Å². The zero-order valence-electron chi connectivity index (χ0n) is 8.08. The van der Waals surface area contributed by atoms with E-state index in [0.29, 0.717) is 4.47 Å². The van der Waals surface area contributed by atoms with E-state index in [-0.39, 0.29) is 11.4 Å². The van der Waals surface area contributed by atoms with Crippen LogP contribution in [-0.2, 0) is 0 Å². The van der Waals surface area contributed by atoms with Gasteiger partial charge in [0.15, 0.2) is 11.4 Å². The average molecular weight is 313 g/mol. The van der Waals surface area contributed by atoms with Crippen molar-refractivity contribution in [2.75, 3.05) is 0 Å². The Balaban J connectivity index is 2.57. The molecule has 92 valence electrons. The molecule has 3 nitrogen and oxygen atoms in total. The van der Waals surface area contributed by atoms with E-state index in [4.69, 9.17) is 0 Å². The fourth-order valence-corrected chi connectivity index (χ4v) is 1.77. The molecular formula is C9H5BrF4N2O. The maximum atomic E-state index is 12.4. The summed E-state index contributed by atoms with van der Waals surface area (Å²) in [4.78, 5) is 3.54. The first-order valence-corrected chi connectivity index (χ1v) is 5.18. The van der Waals surface area contributed by atoms with E-state index in [0.717, 1.165) is 6.20 Å². The molecule has 2 heterocycles. The average Bonchev–Trinajstić information content (AvgIpc) is 2.60. The number of fused-ring (bicyclic) bond motifs is 1. The molecule has 0 radical (unpaired) electrons. The van der Waals surface area contributed by atoms with Crippen LogP contribution < -0.4 is 4.74 Å². The first-order valence-electron chi connectivity index (χ1n) is 4.38. The summed E-state index contributed by atoms with van der Waals surface area (Å²) < 4.78 is 54.9. The maximum absolute atomic E-state index is 12.4. The van der Waals surface area contributed by atoms with Crippen LogP contribution in [0.15, 0.2) is 22.9 Å². The van der Waals surface area contributed by atoms with Crippen LogP contribution in [0.5, 0.6) is 5.75 Å². The van der Waals surface area contributed by atoms with E-state index in [1.807, 2.05) is 0 Å². The SMILES string of the molecule is FC(F)Oc1cc(Br)cn2cc(C(F)F)nc12. The number of imidazole rings is 1. The molecule has 0 aliphatic carbocycles. The quantitative estimate of drug-likeness (QED) is 0.809. The van der Waals surface area contributed by atoms with Gasteiger partial charge in [0, 0.05) is 16.9 Å². The molecule has 0 aromatic carbocycles. The number of alkyl halides is 4. The zero-order valence-corrected chi connectivity index (χ0v) is 9.67. The Morgan fingerprint density at radius 3 is 2.53 bits per heavy atom. The van der Waals surface area contributed by atoms with E-state index in [1.54, 1.807) is 0 Å². The highest BCUT2D eigenvalue weighted by Gasteiger charge is 2.17. The Morgan fingerprint density at radius 2 is 1.94 bits per heavy atom. The Hall–Kier alpha value is -1.31. The molecular weight excluding hydrogens is 308 g/mol. The van der Waals surface area contributed by atoms with E-state index in [9.17, 15) is 17.6 Å². The van der Waals surface area contributed by atoms with Crippen LogP contribution in [0.4, 0.5) is 17.6 Å². The molecule has 0 aliphatic rings. The first-order chi connectivity index (χ1) is 7.97. The van der Waals surface area contributed by atoms with Gasteiger partial charge >= 0.3 is 6.61 Å². The van der Waals surface area contributed by atoms with Crippen molar-refractivity contribution in [1.29, 1.82) is 0 Å². The van der Waals surface area contributed by atoms with Crippen molar-refractivity contribution in [1.82, 2.24) is 9.38 Å². The second kappa shape index (κ2) is 4.52. The minimum absolute atomic E-state index is 0.0798. The molecule has 2 aromatic rings. The van der Waals surface area contributed by atoms with Gasteiger partial charge in [0.05, 0.1) is 0 Å². The molecule has 2 aromatic heterocycles. The summed E-state index contributed by atoms with van der Waals surface area (Å²) in [6.07, 6.45) is -0.289. The third-order valence-corrected chi connectivity index (χ3v) is 2.38. The zero-order chi connectivity index (χ0) is 12.6. The van der Waals surface area contributed by atoms with Gasteiger partial charge in [-0.05, 0) is 22.0 Å². The van der Waals surface area contributed by atoms with Gasteiger partial charge in [-0.3, -0.25) is 0 Å². The van der Waals surface area contributed by atoms with Crippen molar-refractivity contribution in [2.24, 2.45) is 0 Å². The first kappa shape index (κ1) is 12.2. The van der Waals surface area contributed by atoms with Gasteiger partial charge < -0.3 is 9.14 Å². The third-order valence-electron chi connectivity index (χ3n) is 1.94. The predicted octanol–water partition coefficient (Wildman–Crippen LogP) is 3.64. The number of hydrogen-bond donors (Lipinski definition) is 0. The Labute approximate surface area is 101 Å². The van der Waals surface area contributed by atoms with Crippen LogP contribution in [0, 0.1) is 0 Å². The molecule has 8 heteroatoms. The lowest BCUT2D eigenvalue weighted by atomic mass is 10.4. The molecule has 0 amide bonds. The van der Waals surface area contributed by atoms with Crippen molar-refractivity contribution in [3.63, 3.8) is 0 Å². The maximum Gasteiger partial charge on any atom is 0.387 e. The second-order valence-electron chi connectivity index (χ2n) is 3.10. The van der Waals surface area contributed by atoms with Crippen molar-refractivity contribution in [3.05, 3.63) is 28.6 Å². The Bertz CT molecular complexity index is 543. The molecule has 0 atom stereocenters. The van der Waals surface area contributed by atoms with Gasteiger partial charge in [0.1, 0.15) is 5.69 Å². The van der Waals surface area contributed by atoms with Crippen molar-refractivity contribution in [3.8, 4) is 5.75 Å². The lowest BCUT2D eigenvalue weighted by Crippen LogP contribution is -2.03. The van der Waals surface area contributed by atoms with Crippen LogP contribution >= 0.6 is 15.9 Å². The Kier molecular flexibility index (Phi) is 3.23. The molecule has 0 unspecified atom stereocenters. The summed E-state index contributed by atoms with van der Waals surface area (Å²) in [5.41, 5.74) is -0.578. The van der Waals surface area contributed by atoms with Gasteiger partial charge in [0.25, 0.3) is 6.43 Å². The summed E-state index contributed by atoms with van der Waals surface area (Å²) in [7, 11) is 0. The number of ether oxygens (including phenoxy) is 1. The van der Waals surface area contributed by atoms with Gasteiger partial charge in [-0.25, -0.2) is 13.8 Å². The van der Waals surface area contributed by atoms with Crippen molar-refractivity contribution < 1.29 is 22.3 Å². The number of halogens is 5. The number of nitrogens with zero attached hydrogens (tertiary/aromatic N) is 2. The van der Waals surface area contributed by atoms with E-state index in [1.165, 1.54) is 16.7 Å². The molecule has 0 aliphatic heterocycles. The van der Waals surface area contributed by atoms with Crippen LogP contribution in [0.1, 0.15) is 12.1 Å². The summed E-state index contributed by atoms with van der Waals surface area (Å²) >= 11 is 3.06. The minimum Gasteiger partial charge on any atom is -0.431 e. The summed E-state index contributed by atoms with van der Waals surface area (Å²) in [6, 6.07) is 1.24. The molecule has 0 bridgehead atoms. The van der Waals surface area contributed by atoms with Gasteiger partial charge in [-0.15, -0.1) is 0 Å². The van der Waals surface area contributed by atoms with Gasteiger partial charge in [-0.2, -0.15) is 8.78 Å². The summed E-state index contributed by atoms with van der Waals surface area (Å²) in [5.74, 6) is -0.263. The van der Waals surface area contributed by atoms with E-state index < -0.39 is 18.7 Å². The van der Waals surface area contributed by atoms with Crippen LogP contribution in [0.25, 0.3) is 5.65 Å². The van der Waals surface area contributed by atoms with Crippen LogP contribution in [0.2, 0.25) is 0 Å². The fourth-order valence-electron chi connectivity index (χ4n) is 1.34. The predicted molar refractivity (Wildman–Crippen MR) is 54.5 cm³/mol. The highest BCUT2D eigenvalue weighted by molar-refractivity contribution is 9.10. The summed E-state index contributed by atoms with van der Waals surface area (Å²) in [5, 5.41) is 0. The highest BCUT2D eigenvalue weighted by atomic mass is 79.9. The van der Waals surface area contributed by atoms with Crippen LogP contribution in [0.3, 0.4) is 0 Å². The lowest BCUT2D eigenvalue weighted by Gasteiger charge is -2.06. The molecule has 0 N–H and O–H groups in total. The van der Waals surface area contributed by atoms with Gasteiger partial charge in [-0.1, -0.05) is 0 Å². The largest absolute Gasteiger partial charge is 0.431 e. The molecule has 17 heavy (non-hydrogen) atoms. The highest BCUT2D eigenvalue weighted by Crippen LogP contribution is 2.28. The van der Waals surface area contributed by atoms with E-state index in [2.05, 4.69) is 25.7 Å². The second-order valence-corrected chi connectivity index (χ2v) is 4.01. The number of rotatable bonds is 3. The third kappa shape index (κ3) is 2.51. The molecule has 0 saturated heterocycles. The fraction of sp³-hybridized carbons (Fsp3) is 0.222. The molecule has 0 spiro atoms. The number of hydrogen-bond acceptors (Lipinski definition) is 2. The lowest BCUT2D eigenvalue weighted by molar-refractivity contribution is -0.0491. The standard InChI is InChI=1S/C9H5BrF4N2O/c10-4-1-6(17-9(13)14)8-15-5(7(11)12)3-16(8)2-4/h1-3,7,9H. The monoisotopic (exact) mass is 312 g/mol.